The molecule has 0 spiro atoms. The number of nitrogens with one attached hydrogen (secondary N) is 1. The minimum Gasteiger partial charge on any atom is -0.333 e. The van der Waals surface area contributed by atoms with Gasteiger partial charge in [0.15, 0.2) is 0 Å². The fraction of sp³-hybridized carbons (Fsp3) is 0.941. The van der Waals surface area contributed by atoms with Gasteiger partial charge in [-0.3, -0.25) is 4.79 Å². The summed E-state index contributed by atoms with van der Waals surface area (Å²) in [6.07, 6.45) is 0. The number of hydrogen-bond donors (Lipinski definition) is 1. The first-order valence-electron chi connectivity index (χ1n) is 8.13. The molecule has 0 aromatic rings. The fourth-order valence-corrected chi connectivity index (χ4v) is 3.32. The normalized spacial score (nSPS) is 25.8. The van der Waals surface area contributed by atoms with Gasteiger partial charge in [-0.15, -0.1) is 0 Å². The van der Waals surface area contributed by atoms with Crippen LogP contribution in [0.15, 0.2) is 0 Å². The highest BCUT2D eigenvalue weighted by atomic mass is 16.2. The van der Waals surface area contributed by atoms with E-state index < -0.39 is 0 Å². The summed E-state index contributed by atoms with van der Waals surface area (Å²) in [5.74, 6) is 2.26. The van der Waals surface area contributed by atoms with E-state index in [4.69, 9.17) is 0 Å². The van der Waals surface area contributed by atoms with Crippen LogP contribution >= 0.6 is 0 Å². The van der Waals surface area contributed by atoms with E-state index in [0.717, 1.165) is 6.54 Å². The molecule has 1 N–H and O–H groups in total. The summed E-state index contributed by atoms with van der Waals surface area (Å²) in [6.45, 7) is 19.3. The molecule has 0 saturated carbocycles. The van der Waals surface area contributed by atoms with Crippen molar-refractivity contribution in [3.05, 3.63) is 0 Å². The highest BCUT2D eigenvalue weighted by Gasteiger charge is 2.44. The third-order valence-corrected chi connectivity index (χ3v) is 5.23. The predicted molar refractivity (Wildman–Crippen MR) is 85.6 cm³/mol. The van der Waals surface area contributed by atoms with Gasteiger partial charge in [-0.1, -0.05) is 41.5 Å². The van der Waals surface area contributed by atoms with Crippen LogP contribution in [0.2, 0.25) is 0 Å². The average Bonchev–Trinajstić information content (AvgIpc) is 2.47. The molecule has 2 atom stereocenters. The van der Waals surface area contributed by atoms with Gasteiger partial charge in [0.25, 0.3) is 0 Å². The topological polar surface area (TPSA) is 32.3 Å². The van der Waals surface area contributed by atoms with Crippen molar-refractivity contribution >= 4 is 5.91 Å². The lowest BCUT2D eigenvalue weighted by Gasteiger charge is -2.50. The van der Waals surface area contributed by atoms with Crippen molar-refractivity contribution in [2.75, 3.05) is 13.1 Å². The van der Waals surface area contributed by atoms with E-state index in [2.05, 4.69) is 65.6 Å². The largest absolute Gasteiger partial charge is 0.333 e. The molecule has 1 rings (SSSR count). The molecular formula is C17H34N2O. The van der Waals surface area contributed by atoms with E-state index in [-0.39, 0.29) is 11.4 Å². The smallest absolute Gasteiger partial charge is 0.237 e. The molecule has 3 nitrogen and oxygen atoms in total. The highest BCUT2D eigenvalue weighted by Crippen LogP contribution is 2.35. The minimum absolute atomic E-state index is 0.106. The summed E-state index contributed by atoms with van der Waals surface area (Å²) < 4.78 is 0. The number of carbonyl (C=O) groups is 1. The van der Waals surface area contributed by atoms with E-state index >= 15 is 0 Å². The Bertz CT molecular complexity index is 334. The lowest BCUT2D eigenvalue weighted by atomic mass is 9.78. The summed E-state index contributed by atoms with van der Waals surface area (Å²) in [5.41, 5.74) is -0.106. The van der Waals surface area contributed by atoms with Crippen LogP contribution < -0.4 is 5.32 Å². The monoisotopic (exact) mass is 282 g/mol. The molecule has 0 bridgehead atoms. The summed E-state index contributed by atoms with van der Waals surface area (Å²) >= 11 is 0. The first-order chi connectivity index (χ1) is 9.10. The van der Waals surface area contributed by atoms with Crippen LogP contribution in [0.3, 0.4) is 0 Å². The lowest BCUT2D eigenvalue weighted by molar-refractivity contribution is -0.143. The van der Waals surface area contributed by atoms with Gasteiger partial charge in [-0.2, -0.15) is 0 Å². The standard InChI is InChI=1S/C17H34N2O/c1-11(2)14-9-18-10-15(20)19(16(14)12(3)4)17(7,8)13(5)6/h11-14,16,18H,9-10H2,1-8H3. The van der Waals surface area contributed by atoms with Crippen LogP contribution in [0.1, 0.15) is 55.4 Å². The van der Waals surface area contributed by atoms with Gasteiger partial charge in [0, 0.05) is 18.1 Å². The van der Waals surface area contributed by atoms with Crippen LogP contribution in [-0.4, -0.2) is 35.5 Å². The minimum atomic E-state index is -0.106. The van der Waals surface area contributed by atoms with E-state index in [1.54, 1.807) is 0 Å². The Morgan fingerprint density at radius 1 is 1.10 bits per heavy atom. The number of hydrogen-bond acceptors (Lipinski definition) is 2. The Morgan fingerprint density at radius 3 is 2.05 bits per heavy atom. The van der Waals surface area contributed by atoms with Crippen LogP contribution in [0.25, 0.3) is 0 Å². The van der Waals surface area contributed by atoms with Gasteiger partial charge >= 0.3 is 0 Å². The van der Waals surface area contributed by atoms with Crippen LogP contribution in [0, 0.1) is 23.7 Å². The van der Waals surface area contributed by atoms with Crippen molar-refractivity contribution in [1.29, 1.82) is 0 Å². The summed E-state index contributed by atoms with van der Waals surface area (Å²) in [5, 5.41) is 3.36. The zero-order chi connectivity index (χ0) is 15.7. The van der Waals surface area contributed by atoms with Crippen molar-refractivity contribution in [2.24, 2.45) is 23.7 Å². The third kappa shape index (κ3) is 3.36. The first-order valence-corrected chi connectivity index (χ1v) is 8.13. The second-order valence-corrected chi connectivity index (χ2v) is 7.85. The lowest BCUT2D eigenvalue weighted by Crippen LogP contribution is -2.60. The average molecular weight is 282 g/mol. The van der Waals surface area contributed by atoms with Gasteiger partial charge in [-0.25, -0.2) is 0 Å². The Morgan fingerprint density at radius 2 is 1.65 bits per heavy atom. The maximum atomic E-state index is 12.7. The molecule has 1 aliphatic rings. The maximum absolute atomic E-state index is 12.7. The maximum Gasteiger partial charge on any atom is 0.237 e. The zero-order valence-corrected chi connectivity index (χ0v) is 14.7. The van der Waals surface area contributed by atoms with E-state index in [1.807, 2.05) is 0 Å². The van der Waals surface area contributed by atoms with Crippen molar-refractivity contribution in [2.45, 2.75) is 67.0 Å². The van der Waals surface area contributed by atoms with Gasteiger partial charge < -0.3 is 10.2 Å². The molecule has 20 heavy (non-hydrogen) atoms. The van der Waals surface area contributed by atoms with E-state index in [9.17, 15) is 4.79 Å². The first kappa shape index (κ1) is 17.5. The highest BCUT2D eigenvalue weighted by molar-refractivity contribution is 5.80. The van der Waals surface area contributed by atoms with Crippen molar-refractivity contribution in [3.63, 3.8) is 0 Å². The molecule has 1 aliphatic heterocycles. The van der Waals surface area contributed by atoms with Gasteiger partial charge in [0.2, 0.25) is 5.91 Å². The van der Waals surface area contributed by atoms with Crippen LogP contribution in [0.4, 0.5) is 0 Å². The molecule has 0 aromatic carbocycles. The fourth-order valence-electron chi connectivity index (χ4n) is 3.32. The summed E-state index contributed by atoms with van der Waals surface area (Å²) in [4.78, 5) is 14.9. The molecule has 1 fully saturated rings. The molecule has 1 saturated heterocycles. The van der Waals surface area contributed by atoms with Crippen molar-refractivity contribution in [1.82, 2.24) is 10.2 Å². The zero-order valence-electron chi connectivity index (χ0n) is 14.7. The molecule has 0 aromatic heterocycles. The third-order valence-electron chi connectivity index (χ3n) is 5.23. The molecule has 0 radical (unpaired) electrons. The Balaban J connectivity index is 3.27. The Hall–Kier alpha value is -0.570. The van der Waals surface area contributed by atoms with Gasteiger partial charge in [-0.05, 0) is 37.5 Å². The number of rotatable bonds is 4. The van der Waals surface area contributed by atoms with Crippen molar-refractivity contribution in [3.8, 4) is 0 Å². The number of carbonyl (C=O) groups excluding carboxylic acids is 1. The van der Waals surface area contributed by atoms with E-state index in [1.165, 1.54) is 0 Å². The predicted octanol–water partition coefficient (Wildman–Crippen LogP) is 3.15. The molecule has 118 valence electrons. The molecule has 2 unspecified atom stereocenters. The number of amides is 1. The second kappa shape index (κ2) is 6.46. The molecule has 3 heteroatoms. The second-order valence-electron chi connectivity index (χ2n) is 7.85. The van der Waals surface area contributed by atoms with Gasteiger partial charge in [0.1, 0.15) is 0 Å². The number of nitrogens with zero attached hydrogens (tertiary/aromatic N) is 1. The summed E-state index contributed by atoms with van der Waals surface area (Å²) in [6, 6.07) is 0.315. The van der Waals surface area contributed by atoms with E-state index in [0.29, 0.717) is 36.3 Å². The quantitative estimate of drug-likeness (QED) is 0.859. The molecule has 1 amide bonds. The molecule has 1 heterocycles. The van der Waals surface area contributed by atoms with Crippen molar-refractivity contribution < 1.29 is 4.79 Å². The van der Waals surface area contributed by atoms with Gasteiger partial charge in [0.05, 0.1) is 6.54 Å². The van der Waals surface area contributed by atoms with Crippen LogP contribution in [0.5, 0.6) is 0 Å². The Labute approximate surface area is 125 Å². The van der Waals surface area contributed by atoms with Crippen LogP contribution in [-0.2, 0) is 4.79 Å². The molecular weight excluding hydrogens is 248 g/mol. The summed E-state index contributed by atoms with van der Waals surface area (Å²) in [7, 11) is 0. The SMILES string of the molecule is CC(C)C1CNCC(=O)N(C(C)(C)C(C)C)C1C(C)C. The Kier molecular flexibility index (Phi) is 5.65. The molecule has 0 aliphatic carbocycles.